The number of ether oxygens (including phenoxy) is 5. The number of hydrogen-bond acceptors (Lipinski definition) is 16. The number of aliphatic hydroxyl groups excluding tert-OH is 1. The minimum atomic E-state index is -4.20. The second-order valence-corrected chi connectivity index (χ2v) is 15.8. The Morgan fingerprint density at radius 3 is 1.68 bits per heavy atom. The summed E-state index contributed by atoms with van der Waals surface area (Å²) < 4.78 is 54.8. The molecule has 0 radical (unpaired) electrons. The third-order valence-corrected chi connectivity index (χ3v) is 11.8. The van der Waals surface area contributed by atoms with Crippen molar-refractivity contribution >= 4 is 48.3 Å². The Kier molecular flexibility index (Phi) is 13.7. The first-order valence-electron chi connectivity index (χ1n) is 19.0. The molecule has 18 nitrogen and oxygen atoms in total. The smallest absolute Gasteiger partial charge is 0.363 e. The number of esters is 2. The van der Waals surface area contributed by atoms with Gasteiger partial charge in [0.2, 0.25) is 5.85 Å². The predicted octanol–water partition coefficient (Wildman–Crippen LogP) is 5.46. The Bertz CT molecular complexity index is 2490. The van der Waals surface area contributed by atoms with E-state index in [2.05, 4.69) is 15.0 Å². The van der Waals surface area contributed by atoms with E-state index in [0.717, 1.165) is 32.6 Å². The lowest BCUT2D eigenvalue weighted by molar-refractivity contribution is -0.158. The second kappa shape index (κ2) is 19.5. The highest BCUT2D eigenvalue weighted by atomic mass is 31.2. The van der Waals surface area contributed by atoms with Gasteiger partial charge in [-0.25, -0.2) is 29.4 Å². The average Bonchev–Trinajstić information content (AvgIpc) is 3.90. The molecule has 3 heterocycles. The van der Waals surface area contributed by atoms with Crippen LogP contribution in [-0.2, 0) is 37.3 Å². The molecule has 0 bridgehead atoms. The SMILES string of the molecule is COC(O)C(OCC1OC(n2cnc3c(N(C(=O)c4ccccc4)C(=O)c4ccccc4)ncnc32)C(OC(=O)c2ccccc2)C1OC(=O)c1ccccc1)P(=O)(OC)OC. The Balaban J connectivity index is 1.34. The van der Waals surface area contributed by atoms with Crippen LogP contribution < -0.4 is 4.90 Å². The van der Waals surface area contributed by atoms with Crippen LogP contribution in [0.2, 0.25) is 0 Å². The van der Waals surface area contributed by atoms with E-state index in [4.69, 9.17) is 32.7 Å². The molecule has 0 aliphatic carbocycles. The summed E-state index contributed by atoms with van der Waals surface area (Å²) in [5, 5.41) is 10.7. The summed E-state index contributed by atoms with van der Waals surface area (Å²) in [4.78, 5) is 70.2. The highest BCUT2D eigenvalue weighted by molar-refractivity contribution is 7.54. The molecule has 1 aliphatic rings. The number of nitrogens with zero attached hydrogens (tertiary/aromatic N) is 5. The maximum absolute atomic E-state index is 14.2. The van der Waals surface area contributed by atoms with Crippen molar-refractivity contribution in [1.82, 2.24) is 19.5 Å². The molecule has 320 valence electrons. The summed E-state index contributed by atoms with van der Waals surface area (Å²) in [6.45, 7) is -0.581. The Morgan fingerprint density at radius 2 is 1.19 bits per heavy atom. The van der Waals surface area contributed by atoms with Gasteiger partial charge in [0.15, 0.2) is 41.7 Å². The molecule has 6 unspecified atom stereocenters. The van der Waals surface area contributed by atoms with Crippen LogP contribution in [0.4, 0.5) is 5.82 Å². The fourth-order valence-corrected chi connectivity index (χ4v) is 7.95. The van der Waals surface area contributed by atoms with Gasteiger partial charge in [0.05, 0.1) is 24.1 Å². The van der Waals surface area contributed by atoms with Gasteiger partial charge in [-0.1, -0.05) is 72.8 Å². The number of hydrogen-bond donors (Lipinski definition) is 1. The van der Waals surface area contributed by atoms with Crippen LogP contribution in [0, 0.1) is 0 Å². The number of fused-ring (bicyclic) bond motifs is 1. The molecule has 4 aromatic carbocycles. The quantitative estimate of drug-likeness (QED) is 0.0553. The topological polar surface area (TPSA) is 217 Å². The third kappa shape index (κ3) is 9.07. The molecule has 2 amide bonds. The summed E-state index contributed by atoms with van der Waals surface area (Å²) >= 11 is 0. The highest BCUT2D eigenvalue weighted by Crippen LogP contribution is 2.53. The van der Waals surface area contributed by atoms with Crippen LogP contribution in [-0.4, -0.2) is 107 Å². The van der Waals surface area contributed by atoms with Gasteiger partial charge in [0.1, 0.15) is 12.4 Å². The zero-order chi connectivity index (χ0) is 43.8. The number of anilines is 1. The Morgan fingerprint density at radius 1 is 0.710 bits per heavy atom. The molecule has 6 aromatic rings. The summed E-state index contributed by atoms with van der Waals surface area (Å²) in [6.07, 6.45) is -5.16. The number of benzene rings is 4. The van der Waals surface area contributed by atoms with Crippen LogP contribution in [0.5, 0.6) is 0 Å². The molecule has 0 spiro atoms. The Hall–Kier alpha value is -6.50. The van der Waals surface area contributed by atoms with Crippen molar-refractivity contribution in [2.24, 2.45) is 0 Å². The van der Waals surface area contributed by atoms with Gasteiger partial charge in [-0.2, -0.15) is 0 Å². The fraction of sp³-hybridized carbons (Fsp3) is 0.233. The largest absolute Gasteiger partial charge is 0.452 e. The zero-order valence-electron chi connectivity index (χ0n) is 33.4. The van der Waals surface area contributed by atoms with Crippen LogP contribution in [0.3, 0.4) is 0 Å². The minimum Gasteiger partial charge on any atom is -0.452 e. The highest BCUT2D eigenvalue weighted by Gasteiger charge is 2.53. The molecule has 7 rings (SSSR count). The molecule has 1 saturated heterocycles. The summed E-state index contributed by atoms with van der Waals surface area (Å²) in [5.74, 6) is -4.97. The standard InChI is InChI=1S/C43H40N5O13P/c1-55-42(53)43(62(54,56-2)57-3)58-24-31-33(60-40(51)29-20-12-6-13-21-29)34(61-41(52)30-22-14-7-15-23-30)39(59-31)47-26-46-32-35(47)44-25-45-36(32)48(37(49)27-16-8-4-9-17-27)38(50)28-18-10-5-11-19-28/h4-23,25-26,31,33-34,39,42-43,53H,24H2,1-3H3. The number of methoxy groups -OCH3 is 1. The van der Waals surface area contributed by atoms with Crippen molar-refractivity contribution in [3.63, 3.8) is 0 Å². The van der Waals surface area contributed by atoms with E-state index in [0.29, 0.717) is 0 Å². The lowest BCUT2D eigenvalue weighted by Gasteiger charge is -2.29. The van der Waals surface area contributed by atoms with E-state index in [9.17, 15) is 28.8 Å². The van der Waals surface area contributed by atoms with Crippen LogP contribution in [0.1, 0.15) is 47.7 Å². The lowest BCUT2D eigenvalue weighted by atomic mass is 10.1. The monoisotopic (exact) mass is 865 g/mol. The molecule has 6 atom stereocenters. The molecule has 1 aliphatic heterocycles. The second-order valence-electron chi connectivity index (χ2n) is 13.5. The van der Waals surface area contributed by atoms with Gasteiger partial charge in [-0.15, -0.1) is 0 Å². The van der Waals surface area contributed by atoms with Gasteiger partial charge in [0, 0.05) is 32.5 Å². The third-order valence-electron chi connectivity index (χ3n) is 9.80. The summed E-state index contributed by atoms with van der Waals surface area (Å²) in [7, 11) is -0.872. The van der Waals surface area contributed by atoms with Crippen LogP contribution in [0.25, 0.3) is 11.2 Å². The zero-order valence-corrected chi connectivity index (χ0v) is 34.3. The number of aromatic nitrogens is 4. The number of imide groups is 1. The predicted molar refractivity (Wildman–Crippen MR) is 219 cm³/mol. The number of aliphatic hydroxyl groups is 1. The van der Waals surface area contributed by atoms with Crippen LogP contribution in [0.15, 0.2) is 134 Å². The van der Waals surface area contributed by atoms with E-state index in [-0.39, 0.29) is 39.2 Å². The van der Waals surface area contributed by atoms with Gasteiger partial charge >= 0.3 is 19.5 Å². The molecule has 1 fully saturated rings. The molecule has 62 heavy (non-hydrogen) atoms. The van der Waals surface area contributed by atoms with Crippen molar-refractivity contribution in [1.29, 1.82) is 0 Å². The number of imidazole rings is 1. The number of rotatable bonds is 16. The van der Waals surface area contributed by atoms with E-state index >= 15 is 0 Å². The molecular weight excluding hydrogens is 825 g/mol. The van der Waals surface area contributed by atoms with Crippen molar-refractivity contribution in [3.05, 3.63) is 156 Å². The first-order valence-corrected chi connectivity index (χ1v) is 20.6. The van der Waals surface area contributed by atoms with Crippen molar-refractivity contribution < 1.29 is 61.6 Å². The molecule has 0 saturated carbocycles. The summed E-state index contributed by atoms with van der Waals surface area (Å²) in [5.41, 5.74) is 0.654. The van der Waals surface area contributed by atoms with E-state index < -0.39 is 74.6 Å². The first-order chi connectivity index (χ1) is 30.1. The van der Waals surface area contributed by atoms with Gasteiger partial charge in [-0.05, 0) is 48.5 Å². The van der Waals surface area contributed by atoms with Gasteiger partial charge < -0.3 is 37.8 Å². The first kappa shape index (κ1) is 43.6. The molecule has 2 aromatic heterocycles. The maximum atomic E-state index is 14.2. The minimum absolute atomic E-state index is 0.0122. The fourth-order valence-electron chi connectivity index (χ4n) is 6.68. The van der Waals surface area contributed by atoms with Gasteiger partial charge in [0.25, 0.3) is 11.8 Å². The molecule has 1 N–H and O–H groups in total. The average molecular weight is 866 g/mol. The van der Waals surface area contributed by atoms with Crippen molar-refractivity contribution in [2.75, 3.05) is 32.8 Å². The van der Waals surface area contributed by atoms with E-state index in [1.54, 1.807) is 97.1 Å². The Labute approximate surface area is 354 Å². The van der Waals surface area contributed by atoms with E-state index in [1.165, 1.54) is 35.2 Å². The van der Waals surface area contributed by atoms with Crippen molar-refractivity contribution in [3.8, 4) is 0 Å². The van der Waals surface area contributed by atoms with Crippen LogP contribution >= 0.6 is 7.60 Å². The van der Waals surface area contributed by atoms with Crippen molar-refractivity contribution in [2.45, 2.75) is 36.7 Å². The normalized spacial score (nSPS) is 18.5. The molecule has 19 heteroatoms. The number of carbonyl (C=O) groups is 4. The maximum Gasteiger partial charge on any atom is 0.363 e. The number of carbonyl (C=O) groups excluding carboxylic acids is 4. The molecular formula is C43H40N5O13P. The van der Waals surface area contributed by atoms with Gasteiger partial charge in [-0.3, -0.25) is 18.7 Å². The summed E-state index contributed by atoms with van der Waals surface area (Å²) in [6, 6.07) is 32.3. The lowest BCUT2D eigenvalue weighted by Crippen LogP contribution is -2.42. The van der Waals surface area contributed by atoms with E-state index in [1.807, 2.05) is 0 Å². The number of amides is 2.